The molecule has 222 valence electrons. The summed E-state index contributed by atoms with van der Waals surface area (Å²) in [5.74, 6) is -5.39. The van der Waals surface area contributed by atoms with Crippen LogP contribution in [0.5, 0.6) is 0 Å². The molecule has 9 nitrogen and oxygen atoms in total. The first-order valence-corrected chi connectivity index (χ1v) is 12.6. The first-order valence-electron chi connectivity index (χ1n) is 11.8. The summed E-state index contributed by atoms with van der Waals surface area (Å²) >= 11 is 1.86. The van der Waals surface area contributed by atoms with E-state index in [0.29, 0.717) is 12.6 Å². The highest BCUT2D eigenvalue weighted by Gasteiger charge is 2.45. The van der Waals surface area contributed by atoms with Gasteiger partial charge >= 0.3 is 24.3 Å². The summed E-state index contributed by atoms with van der Waals surface area (Å²) in [7, 11) is 0. The number of pyridine rings is 1. The SMILES string of the molecule is Cc1ccc(CN2C[C@@H]3[C@H](C2)n2cccc2C(=O)N3Cc2cccnc2)s1.O=C(O)C(F)(F)F.O=C(O)C(F)(F)F. The Morgan fingerprint density at radius 2 is 1.56 bits per heavy atom. The zero-order valence-corrected chi connectivity index (χ0v) is 22.1. The fourth-order valence-corrected chi connectivity index (χ4v) is 5.32. The lowest BCUT2D eigenvalue weighted by molar-refractivity contribution is -0.193. The van der Waals surface area contributed by atoms with E-state index in [4.69, 9.17) is 19.8 Å². The number of halogens is 6. The number of amides is 1. The number of aliphatic carboxylic acids is 2. The fraction of sp³-hybridized carbons (Fsp3) is 0.360. The van der Waals surface area contributed by atoms with Crippen molar-refractivity contribution >= 4 is 29.2 Å². The summed E-state index contributed by atoms with van der Waals surface area (Å²) in [5.41, 5.74) is 1.88. The highest BCUT2D eigenvalue weighted by Crippen LogP contribution is 2.35. The Labute approximate surface area is 233 Å². The van der Waals surface area contributed by atoms with Crippen molar-refractivity contribution < 1.29 is 50.9 Å². The number of carboxylic acids is 2. The lowest BCUT2D eigenvalue weighted by Gasteiger charge is -2.38. The lowest BCUT2D eigenvalue weighted by atomic mass is 10.0. The quantitative estimate of drug-likeness (QED) is 0.417. The van der Waals surface area contributed by atoms with Gasteiger partial charge in [0.15, 0.2) is 0 Å². The largest absolute Gasteiger partial charge is 0.490 e. The van der Waals surface area contributed by atoms with Crippen LogP contribution in [0.4, 0.5) is 26.3 Å². The topological polar surface area (TPSA) is 116 Å². The maximum absolute atomic E-state index is 13.2. The van der Waals surface area contributed by atoms with E-state index in [1.165, 1.54) is 9.75 Å². The molecule has 0 spiro atoms. The summed E-state index contributed by atoms with van der Waals surface area (Å²) < 4.78 is 65.7. The van der Waals surface area contributed by atoms with Crippen LogP contribution in [0.3, 0.4) is 0 Å². The van der Waals surface area contributed by atoms with E-state index in [2.05, 4.69) is 44.6 Å². The van der Waals surface area contributed by atoms with Crippen LogP contribution in [0.25, 0.3) is 0 Å². The predicted molar refractivity (Wildman–Crippen MR) is 133 cm³/mol. The predicted octanol–water partition coefficient (Wildman–Crippen LogP) is 4.60. The summed E-state index contributed by atoms with van der Waals surface area (Å²) in [6.07, 6.45) is -4.47. The molecular weight excluding hydrogens is 582 g/mol. The molecule has 2 atom stereocenters. The Hall–Kier alpha value is -3.92. The highest BCUT2D eigenvalue weighted by atomic mass is 32.1. The summed E-state index contributed by atoms with van der Waals surface area (Å²) in [5, 5.41) is 14.2. The van der Waals surface area contributed by atoms with Crippen LogP contribution >= 0.6 is 11.3 Å². The first kappa shape index (κ1) is 31.6. The summed E-state index contributed by atoms with van der Waals surface area (Å²) in [6.45, 7) is 5.60. The molecule has 0 radical (unpaired) electrons. The number of nitrogens with zero attached hydrogens (tertiary/aromatic N) is 4. The van der Waals surface area contributed by atoms with Crippen LogP contribution in [-0.2, 0) is 22.7 Å². The van der Waals surface area contributed by atoms with E-state index in [-0.39, 0.29) is 11.9 Å². The molecular formula is C25H24F6N4O5S. The number of carbonyl (C=O) groups excluding carboxylic acids is 1. The van der Waals surface area contributed by atoms with Gasteiger partial charge in [-0.25, -0.2) is 9.59 Å². The van der Waals surface area contributed by atoms with Gasteiger partial charge in [0.05, 0.1) is 12.1 Å². The molecule has 1 amide bonds. The van der Waals surface area contributed by atoms with E-state index < -0.39 is 24.3 Å². The average Bonchev–Trinajstić information content (AvgIpc) is 3.62. The number of aryl methyl sites for hydroxylation is 1. The Balaban J connectivity index is 0.000000276. The van der Waals surface area contributed by atoms with Crippen molar-refractivity contribution in [1.82, 2.24) is 19.4 Å². The standard InChI is InChI=1S/C21H22N4OS.2C2HF3O2/c1-15-6-7-17(27-15)12-23-13-19-20(14-23)25(11-16-4-2-8-22-10-16)21(26)18-5-3-9-24(18)19;2*3-2(4,5)1(6)7/h2-10,19-20H,11-14H2,1H3;2*(H,6,7)/t19-,20+;;/m0../s1. The van der Waals surface area contributed by atoms with Crippen molar-refractivity contribution in [2.24, 2.45) is 0 Å². The monoisotopic (exact) mass is 606 g/mol. The third-order valence-electron chi connectivity index (χ3n) is 6.09. The van der Waals surface area contributed by atoms with Crippen molar-refractivity contribution in [3.63, 3.8) is 0 Å². The molecule has 41 heavy (non-hydrogen) atoms. The van der Waals surface area contributed by atoms with Gasteiger partial charge in [0.1, 0.15) is 5.69 Å². The zero-order chi connectivity index (χ0) is 30.5. The number of rotatable bonds is 4. The second-order valence-electron chi connectivity index (χ2n) is 9.04. The van der Waals surface area contributed by atoms with Crippen molar-refractivity contribution in [3.05, 3.63) is 76.0 Å². The molecule has 2 aliphatic rings. The molecule has 5 rings (SSSR count). The highest BCUT2D eigenvalue weighted by molar-refractivity contribution is 7.11. The molecule has 0 unspecified atom stereocenters. The summed E-state index contributed by atoms with van der Waals surface area (Å²) in [4.78, 5) is 42.4. The van der Waals surface area contributed by atoms with E-state index in [1.54, 1.807) is 6.20 Å². The number of alkyl halides is 6. The molecule has 3 aromatic rings. The number of carbonyl (C=O) groups is 3. The van der Waals surface area contributed by atoms with Crippen molar-refractivity contribution in [2.45, 2.75) is 44.4 Å². The number of hydrogen-bond donors (Lipinski definition) is 2. The Kier molecular flexibility index (Phi) is 9.81. The Bertz CT molecular complexity index is 1330. The van der Waals surface area contributed by atoms with Gasteiger partial charge in [-0.05, 0) is 42.8 Å². The van der Waals surface area contributed by atoms with Crippen LogP contribution in [0.2, 0.25) is 0 Å². The van der Waals surface area contributed by atoms with Gasteiger partial charge in [0.2, 0.25) is 0 Å². The van der Waals surface area contributed by atoms with Gasteiger partial charge in [-0.15, -0.1) is 11.3 Å². The summed E-state index contributed by atoms with van der Waals surface area (Å²) in [6, 6.07) is 12.8. The average molecular weight is 607 g/mol. The van der Waals surface area contributed by atoms with Crippen LogP contribution < -0.4 is 0 Å². The van der Waals surface area contributed by atoms with E-state index in [9.17, 15) is 31.1 Å². The van der Waals surface area contributed by atoms with Gasteiger partial charge in [-0.3, -0.25) is 14.7 Å². The minimum Gasteiger partial charge on any atom is -0.475 e. The van der Waals surface area contributed by atoms with Crippen LogP contribution in [0.15, 0.2) is 55.0 Å². The molecule has 0 bridgehead atoms. The number of hydrogen-bond acceptors (Lipinski definition) is 6. The van der Waals surface area contributed by atoms with E-state index in [1.807, 2.05) is 41.8 Å². The molecule has 3 aromatic heterocycles. The second kappa shape index (κ2) is 12.7. The van der Waals surface area contributed by atoms with Gasteiger partial charge in [-0.2, -0.15) is 26.3 Å². The third kappa shape index (κ3) is 8.29. The van der Waals surface area contributed by atoms with Crippen LogP contribution in [-0.4, -0.2) is 78.9 Å². The van der Waals surface area contributed by atoms with Crippen molar-refractivity contribution in [2.75, 3.05) is 13.1 Å². The maximum Gasteiger partial charge on any atom is 0.490 e. The Morgan fingerprint density at radius 1 is 0.951 bits per heavy atom. The number of aromatic nitrogens is 2. The maximum atomic E-state index is 13.2. The number of carboxylic acid groups (broad SMARTS) is 2. The Morgan fingerprint density at radius 3 is 2.07 bits per heavy atom. The molecule has 0 aliphatic carbocycles. The second-order valence-corrected chi connectivity index (χ2v) is 10.4. The van der Waals surface area contributed by atoms with Crippen molar-refractivity contribution in [3.8, 4) is 0 Å². The third-order valence-corrected chi connectivity index (χ3v) is 7.07. The van der Waals surface area contributed by atoms with Gasteiger partial charge in [-0.1, -0.05) is 6.07 Å². The molecule has 0 saturated carbocycles. The fourth-order valence-electron chi connectivity index (χ4n) is 4.39. The molecule has 5 heterocycles. The van der Waals surface area contributed by atoms with E-state index >= 15 is 0 Å². The molecule has 2 aliphatic heterocycles. The minimum absolute atomic E-state index is 0.124. The molecule has 1 fully saturated rings. The van der Waals surface area contributed by atoms with Crippen LogP contribution in [0.1, 0.15) is 31.8 Å². The zero-order valence-electron chi connectivity index (χ0n) is 21.3. The van der Waals surface area contributed by atoms with Gasteiger partial charge < -0.3 is 19.7 Å². The molecule has 0 aromatic carbocycles. The normalized spacial score (nSPS) is 18.4. The number of fused-ring (bicyclic) bond motifs is 3. The minimum atomic E-state index is -5.08. The lowest BCUT2D eigenvalue weighted by Crippen LogP contribution is -2.49. The molecule has 2 N–H and O–H groups in total. The first-order chi connectivity index (χ1) is 19.1. The molecule has 16 heteroatoms. The smallest absolute Gasteiger partial charge is 0.475 e. The van der Waals surface area contributed by atoms with Crippen LogP contribution in [0, 0.1) is 6.92 Å². The van der Waals surface area contributed by atoms with Crippen molar-refractivity contribution in [1.29, 1.82) is 0 Å². The van der Waals surface area contributed by atoms with E-state index in [0.717, 1.165) is 30.9 Å². The van der Waals surface area contributed by atoms with Gasteiger partial charge in [0, 0.05) is 54.5 Å². The van der Waals surface area contributed by atoms with Gasteiger partial charge in [0.25, 0.3) is 5.91 Å². The number of thiophene rings is 1. The number of likely N-dealkylation sites (tertiary alicyclic amines) is 1. The molecule has 1 saturated heterocycles.